The summed E-state index contributed by atoms with van der Waals surface area (Å²) in [4.78, 5) is 22.5. The van der Waals surface area contributed by atoms with Crippen LogP contribution in [0, 0.1) is 23.3 Å². The normalized spacial score (nSPS) is 11.2. The first-order valence-corrected chi connectivity index (χ1v) is 5.61. The fourth-order valence-electron chi connectivity index (χ4n) is 1.39. The molecule has 0 heterocycles. The minimum absolute atomic E-state index is 0.995. The molecule has 3 N–H and O–H groups in total. The molecular formula is C12H12F4N2O3. The fourth-order valence-corrected chi connectivity index (χ4v) is 1.39. The molecule has 0 fully saturated rings. The lowest BCUT2D eigenvalue weighted by Gasteiger charge is -2.20. The van der Waals surface area contributed by atoms with Gasteiger partial charge in [0, 0.05) is 0 Å². The summed E-state index contributed by atoms with van der Waals surface area (Å²) in [6, 6.07) is 0. The summed E-state index contributed by atoms with van der Waals surface area (Å²) in [7, 11) is 0. The average Bonchev–Trinajstić information content (AvgIpc) is 2.30. The minimum atomic E-state index is -2.21. The van der Waals surface area contributed by atoms with Gasteiger partial charge in [0.25, 0.3) is 5.91 Å². The van der Waals surface area contributed by atoms with Crippen molar-refractivity contribution in [2.45, 2.75) is 26.4 Å². The second-order valence-electron chi connectivity index (χ2n) is 5.00. The number of hydrogen-bond acceptors (Lipinski definition) is 3. The Hall–Kier alpha value is -2.32. The Kier molecular flexibility index (Phi) is 4.45. The van der Waals surface area contributed by atoms with Gasteiger partial charge in [-0.15, -0.1) is 0 Å². The smallest absolute Gasteiger partial charge is 0.412 e. The SMILES string of the molecule is CC(C)(C)OC(=O)Nc1c(F)c(F)c(F)c(F)c1C(N)=O. The third-order valence-corrected chi connectivity index (χ3v) is 2.14. The van der Waals surface area contributed by atoms with E-state index in [2.05, 4.69) is 0 Å². The molecule has 2 amide bonds. The first-order chi connectivity index (χ1) is 9.45. The van der Waals surface area contributed by atoms with Crippen molar-refractivity contribution in [1.82, 2.24) is 0 Å². The highest BCUT2D eigenvalue weighted by atomic mass is 19.2. The molecule has 5 nitrogen and oxygen atoms in total. The first kappa shape index (κ1) is 16.7. The number of primary amides is 1. The zero-order chi connectivity index (χ0) is 16.5. The van der Waals surface area contributed by atoms with Gasteiger partial charge in [0.1, 0.15) is 11.2 Å². The predicted octanol–water partition coefficient (Wildman–Crippen LogP) is 2.69. The summed E-state index contributed by atoms with van der Waals surface area (Å²) >= 11 is 0. The standard InChI is InChI=1S/C12H12F4N2O3/c1-12(2,3)21-11(20)18-9-4(10(17)19)5(13)6(14)7(15)8(9)16/h1-3H3,(H2,17,19)(H,18,20). The maximum atomic E-state index is 13.6. The second-order valence-corrected chi connectivity index (χ2v) is 5.00. The van der Waals surface area contributed by atoms with E-state index in [9.17, 15) is 27.2 Å². The number of amides is 2. The van der Waals surface area contributed by atoms with Crippen LogP contribution in [0.25, 0.3) is 0 Å². The van der Waals surface area contributed by atoms with Gasteiger partial charge in [-0.25, -0.2) is 22.4 Å². The van der Waals surface area contributed by atoms with Crippen molar-refractivity contribution < 1.29 is 31.9 Å². The van der Waals surface area contributed by atoms with Gasteiger partial charge in [-0.3, -0.25) is 10.1 Å². The van der Waals surface area contributed by atoms with Gasteiger partial charge in [-0.05, 0) is 20.8 Å². The molecule has 1 rings (SSSR count). The van der Waals surface area contributed by atoms with Gasteiger partial charge in [0.15, 0.2) is 23.3 Å². The number of benzene rings is 1. The summed E-state index contributed by atoms with van der Waals surface area (Å²) in [6.07, 6.45) is -1.30. The molecule has 116 valence electrons. The van der Waals surface area contributed by atoms with Gasteiger partial charge in [-0.1, -0.05) is 0 Å². The molecule has 0 atom stereocenters. The molecule has 0 spiro atoms. The summed E-state index contributed by atoms with van der Waals surface area (Å²) in [5, 5.41) is 1.64. The zero-order valence-corrected chi connectivity index (χ0v) is 11.3. The van der Waals surface area contributed by atoms with Crippen LogP contribution in [0.1, 0.15) is 31.1 Å². The molecule has 0 unspecified atom stereocenters. The summed E-state index contributed by atoms with van der Waals surface area (Å²) in [6.45, 7) is 4.43. The maximum Gasteiger partial charge on any atom is 0.412 e. The van der Waals surface area contributed by atoms with Gasteiger partial charge in [0.2, 0.25) is 0 Å². The van der Waals surface area contributed by atoms with E-state index in [1.54, 1.807) is 5.32 Å². The lowest BCUT2D eigenvalue weighted by molar-refractivity contribution is 0.0635. The molecule has 0 saturated heterocycles. The van der Waals surface area contributed by atoms with Crippen LogP contribution in [0.15, 0.2) is 0 Å². The van der Waals surface area contributed by atoms with Crippen LogP contribution in [0.3, 0.4) is 0 Å². The highest BCUT2D eigenvalue weighted by Gasteiger charge is 2.30. The molecule has 0 aliphatic heterocycles. The first-order valence-electron chi connectivity index (χ1n) is 5.61. The summed E-state index contributed by atoms with van der Waals surface area (Å²) in [5.41, 5.74) is 1.23. The highest BCUT2D eigenvalue weighted by Crippen LogP contribution is 2.28. The van der Waals surface area contributed by atoms with E-state index in [0.29, 0.717) is 0 Å². The number of rotatable bonds is 2. The molecule has 1 aromatic rings. The number of carbonyl (C=O) groups is 2. The van der Waals surface area contributed by atoms with Crippen LogP contribution in [0.5, 0.6) is 0 Å². The van der Waals surface area contributed by atoms with Crippen LogP contribution >= 0.6 is 0 Å². The van der Waals surface area contributed by atoms with Crippen molar-refractivity contribution >= 4 is 17.7 Å². The van der Waals surface area contributed by atoms with Crippen molar-refractivity contribution in [3.05, 3.63) is 28.8 Å². The van der Waals surface area contributed by atoms with Crippen molar-refractivity contribution in [3.63, 3.8) is 0 Å². The number of nitrogens with one attached hydrogen (secondary N) is 1. The van der Waals surface area contributed by atoms with E-state index in [1.807, 2.05) is 0 Å². The van der Waals surface area contributed by atoms with Crippen LogP contribution in [0.2, 0.25) is 0 Å². The average molecular weight is 308 g/mol. The van der Waals surface area contributed by atoms with E-state index in [1.165, 1.54) is 20.8 Å². The lowest BCUT2D eigenvalue weighted by Crippen LogP contribution is -2.29. The number of halogens is 4. The third kappa shape index (κ3) is 3.61. The topological polar surface area (TPSA) is 81.4 Å². The molecule has 0 bridgehead atoms. The van der Waals surface area contributed by atoms with Crippen molar-refractivity contribution in [3.8, 4) is 0 Å². The van der Waals surface area contributed by atoms with Crippen molar-refractivity contribution in [2.75, 3.05) is 5.32 Å². The molecule has 21 heavy (non-hydrogen) atoms. The van der Waals surface area contributed by atoms with Crippen LogP contribution < -0.4 is 11.1 Å². The van der Waals surface area contributed by atoms with Gasteiger partial charge < -0.3 is 10.5 Å². The number of nitrogens with two attached hydrogens (primary N) is 1. The molecular weight excluding hydrogens is 296 g/mol. The molecule has 0 aliphatic rings. The van der Waals surface area contributed by atoms with Crippen molar-refractivity contribution in [1.29, 1.82) is 0 Å². The van der Waals surface area contributed by atoms with Crippen LogP contribution in [-0.2, 0) is 4.74 Å². The highest BCUT2D eigenvalue weighted by molar-refractivity contribution is 6.02. The van der Waals surface area contributed by atoms with E-state index < -0.39 is 52.1 Å². The number of ether oxygens (including phenoxy) is 1. The van der Waals surface area contributed by atoms with Gasteiger partial charge in [-0.2, -0.15) is 0 Å². The fraction of sp³-hybridized carbons (Fsp3) is 0.333. The number of anilines is 1. The van der Waals surface area contributed by atoms with Crippen LogP contribution in [-0.4, -0.2) is 17.6 Å². The zero-order valence-electron chi connectivity index (χ0n) is 11.3. The maximum absolute atomic E-state index is 13.6. The molecule has 1 aromatic carbocycles. The van der Waals surface area contributed by atoms with E-state index >= 15 is 0 Å². The Labute approximate surface area is 117 Å². The third-order valence-electron chi connectivity index (χ3n) is 2.14. The Balaban J connectivity index is 3.35. The molecule has 0 aliphatic carbocycles. The van der Waals surface area contributed by atoms with Gasteiger partial charge >= 0.3 is 6.09 Å². The van der Waals surface area contributed by atoms with Gasteiger partial charge in [0.05, 0.1) is 5.69 Å². The Morgan fingerprint density at radius 3 is 1.90 bits per heavy atom. The minimum Gasteiger partial charge on any atom is -0.444 e. The summed E-state index contributed by atoms with van der Waals surface area (Å²) in [5.74, 6) is -9.96. The van der Waals surface area contributed by atoms with E-state index in [-0.39, 0.29) is 0 Å². The Morgan fingerprint density at radius 1 is 1.00 bits per heavy atom. The van der Waals surface area contributed by atoms with E-state index in [0.717, 1.165) is 0 Å². The molecule has 0 radical (unpaired) electrons. The van der Waals surface area contributed by atoms with E-state index in [4.69, 9.17) is 10.5 Å². The number of carbonyl (C=O) groups excluding carboxylic acids is 2. The Morgan fingerprint density at radius 2 is 1.48 bits per heavy atom. The predicted molar refractivity (Wildman–Crippen MR) is 64.6 cm³/mol. The quantitative estimate of drug-likeness (QED) is 0.501. The number of hydrogen-bond donors (Lipinski definition) is 2. The largest absolute Gasteiger partial charge is 0.444 e. The molecule has 0 saturated carbocycles. The molecule has 9 heteroatoms. The van der Waals surface area contributed by atoms with Crippen molar-refractivity contribution in [2.24, 2.45) is 5.73 Å². The van der Waals surface area contributed by atoms with Crippen LogP contribution in [0.4, 0.5) is 28.0 Å². The lowest BCUT2D eigenvalue weighted by atomic mass is 10.1. The Bertz CT molecular complexity index is 612. The monoisotopic (exact) mass is 308 g/mol. The summed E-state index contributed by atoms with van der Waals surface area (Å²) < 4.78 is 58.0. The second kappa shape index (κ2) is 5.58. The molecule has 0 aromatic heterocycles.